The lowest BCUT2D eigenvalue weighted by Gasteiger charge is -2.10. The van der Waals surface area contributed by atoms with E-state index in [0.717, 1.165) is 17.4 Å². The van der Waals surface area contributed by atoms with Gasteiger partial charge >= 0.3 is 0 Å². The van der Waals surface area contributed by atoms with E-state index < -0.39 is 0 Å². The number of hydrogen-bond donors (Lipinski definition) is 0. The number of pyridine rings is 1. The van der Waals surface area contributed by atoms with E-state index >= 15 is 0 Å². The van der Waals surface area contributed by atoms with Crippen molar-refractivity contribution in [2.75, 3.05) is 0 Å². The molecule has 2 aromatic carbocycles. The van der Waals surface area contributed by atoms with E-state index in [0.29, 0.717) is 22.4 Å². The van der Waals surface area contributed by atoms with Gasteiger partial charge in [-0.2, -0.15) is 0 Å². The van der Waals surface area contributed by atoms with Crippen LogP contribution in [0.5, 0.6) is 11.6 Å². The van der Waals surface area contributed by atoms with Gasteiger partial charge in [-0.1, -0.05) is 17.2 Å². The van der Waals surface area contributed by atoms with Gasteiger partial charge in [0, 0.05) is 17.3 Å². The Balaban J connectivity index is 1.94. The Bertz CT molecular complexity index is 910. The number of benzene rings is 2. The summed E-state index contributed by atoms with van der Waals surface area (Å²) >= 11 is 0. The number of hydrogen-bond acceptors (Lipinski definition) is 4. The summed E-state index contributed by atoms with van der Waals surface area (Å²) in [7, 11) is 0. The summed E-state index contributed by atoms with van der Waals surface area (Å²) in [6.07, 6.45) is 2.34. The Morgan fingerprint density at radius 3 is 2.32 bits per heavy atom. The van der Waals surface area contributed by atoms with Crippen molar-refractivity contribution in [1.29, 1.82) is 0 Å². The third-order valence-corrected chi connectivity index (χ3v) is 3.73. The molecule has 0 radical (unpaired) electrons. The van der Waals surface area contributed by atoms with Crippen molar-refractivity contribution in [3.8, 4) is 11.6 Å². The zero-order chi connectivity index (χ0) is 17.8. The fourth-order valence-electron chi connectivity index (χ4n) is 2.63. The summed E-state index contributed by atoms with van der Waals surface area (Å²) in [5.74, 6) is 0.615. The zero-order valence-corrected chi connectivity index (χ0v) is 14.0. The van der Waals surface area contributed by atoms with Gasteiger partial charge in [0.2, 0.25) is 5.88 Å². The van der Waals surface area contributed by atoms with Crippen molar-refractivity contribution in [2.24, 2.45) is 0 Å². The summed E-state index contributed by atoms with van der Waals surface area (Å²) in [5.41, 5.74) is 3.61. The van der Waals surface area contributed by atoms with Crippen molar-refractivity contribution in [2.45, 2.75) is 13.8 Å². The monoisotopic (exact) mass is 331 g/mol. The average Bonchev–Trinajstić information content (AvgIpc) is 2.61. The first-order valence-electron chi connectivity index (χ1n) is 7.88. The van der Waals surface area contributed by atoms with E-state index in [1.807, 2.05) is 32.0 Å². The van der Waals surface area contributed by atoms with Crippen molar-refractivity contribution >= 4 is 12.1 Å². The van der Waals surface area contributed by atoms with Crippen molar-refractivity contribution in [1.82, 2.24) is 4.98 Å². The summed E-state index contributed by atoms with van der Waals surface area (Å²) < 4.78 is 5.76. The van der Waals surface area contributed by atoms with Crippen molar-refractivity contribution in [3.05, 3.63) is 88.6 Å². The molecule has 0 bridgehead atoms. The molecule has 0 amide bonds. The molecule has 0 aliphatic heterocycles. The van der Waals surface area contributed by atoms with Crippen molar-refractivity contribution < 1.29 is 14.3 Å². The van der Waals surface area contributed by atoms with Crippen LogP contribution in [-0.4, -0.2) is 17.1 Å². The molecular formula is C21H17NO3. The number of aryl methyl sites for hydroxylation is 2. The molecule has 1 aromatic heterocycles. The Labute approximate surface area is 146 Å². The van der Waals surface area contributed by atoms with Crippen LogP contribution in [0.4, 0.5) is 0 Å². The molecule has 0 saturated carbocycles. The predicted octanol–water partition coefficient (Wildman–Crippen LogP) is 4.53. The van der Waals surface area contributed by atoms with Crippen LogP contribution in [0.1, 0.15) is 37.4 Å². The highest BCUT2D eigenvalue weighted by Crippen LogP contribution is 2.25. The van der Waals surface area contributed by atoms with Gasteiger partial charge in [-0.25, -0.2) is 4.98 Å². The first-order chi connectivity index (χ1) is 12.1. The molecule has 0 aliphatic carbocycles. The number of carbonyl (C=O) groups excluding carboxylic acids is 2. The maximum absolute atomic E-state index is 12.9. The predicted molar refractivity (Wildman–Crippen MR) is 95.5 cm³/mol. The second-order valence-corrected chi connectivity index (χ2v) is 5.85. The standard InChI is InChI=1S/C21H17NO3/c1-14-10-15(2)12-17(11-14)20(24)19-4-3-9-22-21(19)25-18-7-5-16(13-23)6-8-18/h3-13H,1-2H3. The van der Waals surface area contributed by atoms with Gasteiger partial charge in [-0.05, 0) is 62.4 Å². The number of ketones is 1. The van der Waals surface area contributed by atoms with E-state index in [2.05, 4.69) is 4.98 Å². The van der Waals surface area contributed by atoms with Gasteiger partial charge in [0.05, 0.1) is 5.56 Å². The molecule has 1 heterocycles. The Morgan fingerprint density at radius 2 is 1.68 bits per heavy atom. The first kappa shape index (κ1) is 16.6. The highest BCUT2D eigenvalue weighted by molar-refractivity contribution is 6.10. The van der Waals surface area contributed by atoms with Crippen molar-refractivity contribution in [3.63, 3.8) is 0 Å². The van der Waals surface area contributed by atoms with E-state index in [1.165, 1.54) is 0 Å². The molecule has 25 heavy (non-hydrogen) atoms. The molecule has 0 N–H and O–H groups in total. The van der Waals surface area contributed by atoms with Gasteiger partial charge in [-0.3, -0.25) is 9.59 Å². The van der Waals surface area contributed by atoms with Gasteiger partial charge in [-0.15, -0.1) is 0 Å². The molecule has 0 unspecified atom stereocenters. The number of nitrogens with zero attached hydrogens (tertiary/aromatic N) is 1. The van der Waals surface area contributed by atoms with Gasteiger partial charge in [0.1, 0.15) is 12.0 Å². The van der Waals surface area contributed by atoms with E-state index in [1.54, 1.807) is 42.6 Å². The maximum atomic E-state index is 12.9. The zero-order valence-electron chi connectivity index (χ0n) is 14.0. The minimum absolute atomic E-state index is 0.139. The molecule has 3 aromatic rings. The Kier molecular flexibility index (Phi) is 4.70. The van der Waals surface area contributed by atoms with Gasteiger partial charge in [0.25, 0.3) is 0 Å². The summed E-state index contributed by atoms with van der Waals surface area (Å²) in [6.45, 7) is 3.91. The fraction of sp³-hybridized carbons (Fsp3) is 0.0952. The highest BCUT2D eigenvalue weighted by atomic mass is 16.5. The molecule has 124 valence electrons. The second kappa shape index (κ2) is 7.09. The molecule has 0 fully saturated rings. The Hall–Kier alpha value is -3.27. The van der Waals surface area contributed by atoms with E-state index in [9.17, 15) is 9.59 Å². The van der Waals surface area contributed by atoms with Crippen LogP contribution in [0.3, 0.4) is 0 Å². The molecule has 0 aliphatic rings. The lowest BCUT2D eigenvalue weighted by Crippen LogP contribution is -2.05. The molecule has 3 rings (SSSR count). The van der Waals surface area contributed by atoms with Crippen LogP contribution >= 0.6 is 0 Å². The Morgan fingerprint density at radius 1 is 1.00 bits per heavy atom. The van der Waals surface area contributed by atoms with Crippen LogP contribution in [0.15, 0.2) is 60.8 Å². The molecular weight excluding hydrogens is 314 g/mol. The fourth-order valence-corrected chi connectivity index (χ4v) is 2.63. The number of rotatable bonds is 5. The number of ether oxygens (including phenoxy) is 1. The highest BCUT2D eigenvalue weighted by Gasteiger charge is 2.17. The molecule has 0 spiro atoms. The summed E-state index contributed by atoms with van der Waals surface area (Å²) in [5, 5.41) is 0. The number of carbonyl (C=O) groups is 2. The van der Waals surface area contributed by atoms with Gasteiger partial charge < -0.3 is 4.74 Å². The topological polar surface area (TPSA) is 56.3 Å². The first-order valence-corrected chi connectivity index (χ1v) is 7.88. The third kappa shape index (κ3) is 3.80. The lowest BCUT2D eigenvalue weighted by molar-refractivity contribution is 0.103. The minimum Gasteiger partial charge on any atom is -0.438 e. The molecule has 4 heteroatoms. The maximum Gasteiger partial charge on any atom is 0.230 e. The number of aromatic nitrogens is 1. The van der Waals surface area contributed by atoms with Crippen LogP contribution < -0.4 is 4.74 Å². The smallest absolute Gasteiger partial charge is 0.230 e. The normalized spacial score (nSPS) is 10.3. The van der Waals surface area contributed by atoms with Crippen LogP contribution in [-0.2, 0) is 0 Å². The van der Waals surface area contributed by atoms with Crippen LogP contribution in [0, 0.1) is 13.8 Å². The SMILES string of the molecule is Cc1cc(C)cc(C(=O)c2cccnc2Oc2ccc(C=O)cc2)c1. The summed E-state index contributed by atoms with van der Waals surface area (Å²) in [4.78, 5) is 27.8. The quantitative estimate of drug-likeness (QED) is 0.509. The minimum atomic E-state index is -0.139. The van der Waals surface area contributed by atoms with Crippen LogP contribution in [0.25, 0.3) is 0 Å². The van der Waals surface area contributed by atoms with Crippen LogP contribution in [0.2, 0.25) is 0 Å². The summed E-state index contributed by atoms with van der Waals surface area (Å²) in [6, 6.07) is 15.8. The second-order valence-electron chi connectivity index (χ2n) is 5.85. The third-order valence-electron chi connectivity index (χ3n) is 3.73. The largest absolute Gasteiger partial charge is 0.438 e. The molecule has 0 atom stereocenters. The van der Waals surface area contributed by atoms with E-state index in [4.69, 9.17) is 4.74 Å². The molecule has 4 nitrogen and oxygen atoms in total. The van der Waals surface area contributed by atoms with Gasteiger partial charge in [0.15, 0.2) is 5.78 Å². The molecule has 0 saturated heterocycles. The average molecular weight is 331 g/mol. The van der Waals surface area contributed by atoms with E-state index in [-0.39, 0.29) is 11.7 Å². The lowest BCUT2D eigenvalue weighted by atomic mass is 10.00. The number of aldehydes is 1.